The Morgan fingerprint density at radius 3 is 2.04 bits per heavy atom. The van der Waals surface area contributed by atoms with Crippen LogP contribution < -0.4 is 10.6 Å². The van der Waals surface area contributed by atoms with Gasteiger partial charge in [-0.2, -0.15) is 0 Å². The van der Waals surface area contributed by atoms with E-state index in [0.29, 0.717) is 6.42 Å². The first kappa shape index (κ1) is 20.5. The maximum absolute atomic E-state index is 12.9. The molecule has 2 atom stereocenters. The molecule has 0 aliphatic heterocycles. The van der Waals surface area contributed by atoms with E-state index in [0.717, 1.165) is 11.1 Å². The van der Waals surface area contributed by atoms with Gasteiger partial charge in [-0.1, -0.05) is 60.7 Å². The van der Waals surface area contributed by atoms with Crippen molar-refractivity contribution >= 4 is 12.0 Å². The summed E-state index contributed by atoms with van der Waals surface area (Å²) in [6.45, 7) is 7.28. The lowest BCUT2D eigenvalue weighted by Crippen LogP contribution is -2.49. The average molecular weight is 368 g/mol. The summed E-state index contributed by atoms with van der Waals surface area (Å²) < 4.78 is 5.32. The van der Waals surface area contributed by atoms with Gasteiger partial charge in [0.1, 0.15) is 11.6 Å². The molecule has 2 aromatic carbocycles. The second kappa shape index (κ2) is 9.21. The Bertz CT molecular complexity index is 739. The van der Waals surface area contributed by atoms with Crippen LogP contribution in [0.4, 0.5) is 4.79 Å². The van der Waals surface area contributed by atoms with Gasteiger partial charge in [-0.05, 0) is 38.8 Å². The van der Waals surface area contributed by atoms with E-state index >= 15 is 0 Å². The van der Waals surface area contributed by atoms with Crippen LogP contribution in [-0.4, -0.2) is 23.6 Å². The summed E-state index contributed by atoms with van der Waals surface area (Å²) in [6, 6.07) is 18.4. The number of nitrogens with one attached hydrogen (secondary N) is 2. The predicted octanol–water partition coefficient (Wildman–Crippen LogP) is 4.00. The maximum Gasteiger partial charge on any atom is 0.408 e. The number of rotatable bonds is 6. The SMILES string of the molecule is C[C@H](NC(=O)[C@H](Cc1ccccc1)NC(=O)OC(C)(C)C)c1ccccc1. The molecule has 0 aromatic heterocycles. The van der Waals surface area contributed by atoms with Gasteiger partial charge in [-0.15, -0.1) is 0 Å². The Balaban J connectivity index is 2.10. The van der Waals surface area contributed by atoms with E-state index in [2.05, 4.69) is 10.6 Å². The van der Waals surface area contributed by atoms with Gasteiger partial charge in [-0.3, -0.25) is 4.79 Å². The van der Waals surface area contributed by atoms with E-state index in [-0.39, 0.29) is 11.9 Å². The lowest BCUT2D eigenvalue weighted by atomic mass is 10.0. The minimum atomic E-state index is -0.728. The van der Waals surface area contributed by atoms with Crippen LogP contribution in [-0.2, 0) is 16.0 Å². The Hall–Kier alpha value is -2.82. The number of alkyl carbamates (subject to hydrolysis) is 1. The first-order chi connectivity index (χ1) is 12.7. The van der Waals surface area contributed by atoms with Crippen LogP contribution in [0, 0.1) is 0 Å². The number of hydrogen-bond donors (Lipinski definition) is 2. The molecule has 2 rings (SSSR count). The van der Waals surface area contributed by atoms with E-state index < -0.39 is 17.7 Å². The molecular weight excluding hydrogens is 340 g/mol. The molecule has 0 saturated carbocycles. The Labute approximate surface area is 161 Å². The largest absolute Gasteiger partial charge is 0.444 e. The molecule has 0 aliphatic rings. The lowest BCUT2D eigenvalue weighted by Gasteiger charge is -2.24. The summed E-state index contributed by atoms with van der Waals surface area (Å²) in [4.78, 5) is 25.1. The van der Waals surface area contributed by atoms with E-state index in [4.69, 9.17) is 4.74 Å². The van der Waals surface area contributed by atoms with Crippen LogP contribution in [0.25, 0.3) is 0 Å². The Morgan fingerprint density at radius 2 is 1.48 bits per heavy atom. The number of hydrogen-bond acceptors (Lipinski definition) is 3. The average Bonchev–Trinajstić information content (AvgIpc) is 2.61. The molecule has 5 nitrogen and oxygen atoms in total. The van der Waals surface area contributed by atoms with Crippen LogP contribution in [0.15, 0.2) is 60.7 Å². The lowest BCUT2D eigenvalue weighted by molar-refractivity contribution is -0.123. The van der Waals surface area contributed by atoms with E-state index in [9.17, 15) is 9.59 Å². The number of ether oxygens (including phenoxy) is 1. The molecule has 2 amide bonds. The van der Waals surface area contributed by atoms with Crippen LogP contribution in [0.3, 0.4) is 0 Å². The summed E-state index contributed by atoms with van der Waals surface area (Å²) in [7, 11) is 0. The monoisotopic (exact) mass is 368 g/mol. The molecule has 27 heavy (non-hydrogen) atoms. The van der Waals surface area contributed by atoms with Crippen molar-refractivity contribution in [2.75, 3.05) is 0 Å². The molecule has 144 valence electrons. The number of carbonyl (C=O) groups is 2. The van der Waals surface area contributed by atoms with Crippen molar-refractivity contribution in [1.29, 1.82) is 0 Å². The molecular formula is C22H28N2O3. The molecule has 0 aliphatic carbocycles. The molecule has 0 saturated heterocycles. The summed E-state index contributed by atoms with van der Waals surface area (Å²) in [6.07, 6.45) is -0.223. The molecule has 0 radical (unpaired) electrons. The van der Waals surface area contributed by atoms with Crippen LogP contribution >= 0.6 is 0 Å². The third kappa shape index (κ3) is 7.13. The van der Waals surface area contributed by atoms with Crippen molar-refractivity contribution in [2.45, 2.75) is 51.8 Å². The molecule has 0 unspecified atom stereocenters. The minimum Gasteiger partial charge on any atom is -0.444 e. The molecule has 0 fully saturated rings. The summed E-state index contributed by atoms with van der Waals surface area (Å²) in [5.74, 6) is -0.249. The first-order valence-corrected chi connectivity index (χ1v) is 9.13. The zero-order chi connectivity index (χ0) is 19.9. The van der Waals surface area contributed by atoms with E-state index in [1.807, 2.05) is 67.6 Å². The van der Waals surface area contributed by atoms with E-state index in [1.54, 1.807) is 20.8 Å². The van der Waals surface area contributed by atoms with Crippen LogP contribution in [0.5, 0.6) is 0 Å². The highest BCUT2D eigenvalue weighted by molar-refractivity contribution is 5.86. The highest BCUT2D eigenvalue weighted by Crippen LogP contribution is 2.13. The molecule has 0 heterocycles. The summed E-state index contributed by atoms with van der Waals surface area (Å²) in [5.41, 5.74) is 1.33. The van der Waals surface area contributed by atoms with Crippen LogP contribution in [0.1, 0.15) is 44.9 Å². The fourth-order valence-electron chi connectivity index (χ4n) is 2.65. The maximum atomic E-state index is 12.9. The predicted molar refractivity (Wildman–Crippen MR) is 106 cm³/mol. The van der Waals surface area contributed by atoms with Crippen molar-refractivity contribution in [2.24, 2.45) is 0 Å². The third-order valence-corrected chi connectivity index (χ3v) is 3.95. The van der Waals surface area contributed by atoms with Crippen molar-refractivity contribution in [1.82, 2.24) is 10.6 Å². The number of carbonyl (C=O) groups excluding carboxylic acids is 2. The summed E-state index contributed by atoms with van der Waals surface area (Å²) >= 11 is 0. The molecule has 2 N–H and O–H groups in total. The fourth-order valence-corrected chi connectivity index (χ4v) is 2.65. The Kier molecular flexibility index (Phi) is 6.99. The van der Waals surface area contributed by atoms with Crippen molar-refractivity contribution in [3.8, 4) is 0 Å². The smallest absolute Gasteiger partial charge is 0.408 e. The molecule has 2 aromatic rings. The standard InChI is InChI=1S/C22H28N2O3/c1-16(18-13-9-6-10-14-18)23-20(25)19(15-17-11-7-5-8-12-17)24-21(26)27-22(2,3)4/h5-14,16,19H,15H2,1-4H3,(H,23,25)(H,24,26)/t16-,19-/m0/s1. The molecule has 5 heteroatoms. The van der Waals surface area contributed by atoms with Gasteiger partial charge in [0.05, 0.1) is 6.04 Å². The van der Waals surface area contributed by atoms with Gasteiger partial charge in [0.2, 0.25) is 5.91 Å². The normalized spacial score (nSPS) is 13.3. The quantitative estimate of drug-likeness (QED) is 0.810. The highest BCUT2D eigenvalue weighted by Gasteiger charge is 2.25. The topological polar surface area (TPSA) is 67.4 Å². The second-order valence-electron chi connectivity index (χ2n) is 7.53. The van der Waals surface area contributed by atoms with Gasteiger partial charge >= 0.3 is 6.09 Å². The number of amides is 2. The zero-order valence-corrected chi connectivity index (χ0v) is 16.4. The number of benzene rings is 2. The van der Waals surface area contributed by atoms with Gasteiger partial charge in [0.25, 0.3) is 0 Å². The minimum absolute atomic E-state index is 0.169. The molecule has 0 bridgehead atoms. The van der Waals surface area contributed by atoms with Gasteiger partial charge in [-0.25, -0.2) is 4.79 Å². The highest BCUT2D eigenvalue weighted by atomic mass is 16.6. The second-order valence-corrected chi connectivity index (χ2v) is 7.53. The Morgan fingerprint density at radius 1 is 0.926 bits per heavy atom. The van der Waals surface area contributed by atoms with E-state index in [1.165, 1.54) is 0 Å². The van der Waals surface area contributed by atoms with Crippen molar-refractivity contribution < 1.29 is 14.3 Å². The fraction of sp³-hybridized carbons (Fsp3) is 0.364. The molecule has 0 spiro atoms. The summed E-state index contributed by atoms with van der Waals surface area (Å²) in [5, 5.41) is 5.68. The van der Waals surface area contributed by atoms with Crippen molar-refractivity contribution in [3.05, 3.63) is 71.8 Å². The van der Waals surface area contributed by atoms with Gasteiger partial charge < -0.3 is 15.4 Å². The van der Waals surface area contributed by atoms with Gasteiger partial charge in [0, 0.05) is 6.42 Å². The first-order valence-electron chi connectivity index (χ1n) is 9.13. The third-order valence-electron chi connectivity index (χ3n) is 3.95. The van der Waals surface area contributed by atoms with Crippen molar-refractivity contribution in [3.63, 3.8) is 0 Å². The van der Waals surface area contributed by atoms with Gasteiger partial charge in [0.15, 0.2) is 0 Å². The zero-order valence-electron chi connectivity index (χ0n) is 16.4. The van der Waals surface area contributed by atoms with Crippen LogP contribution in [0.2, 0.25) is 0 Å².